The summed E-state index contributed by atoms with van der Waals surface area (Å²) in [4.78, 5) is 4.12. The van der Waals surface area contributed by atoms with Gasteiger partial charge in [0.15, 0.2) is 0 Å². The minimum Gasteiger partial charge on any atom is -0.336 e. The van der Waals surface area contributed by atoms with Crippen LogP contribution in [0.3, 0.4) is 0 Å². The van der Waals surface area contributed by atoms with Crippen molar-refractivity contribution in [3.05, 3.63) is 30.9 Å². The zero-order chi connectivity index (χ0) is 10.4. The number of rotatable bonds is 6. The van der Waals surface area contributed by atoms with Gasteiger partial charge in [0.05, 0.1) is 18.1 Å². The molecular formula is C11H19N3. The van der Waals surface area contributed by atoms with Gasteiger partial charge >= 0.3 is 0 Å². The van der Waals surface area contributed by atoms with E-state index >= 15 is 0 Å². The van der Waals surface area contributed by atoms with Crippen LogP contribution >= 0.6 is 0 Å². The summed E-state index contributed by atoms with van der Waals surface area (Å²) in [5.41, 5.74) is 1.22. The molecule has 1 aromatic heterocycles. The van der Waals surface area contributed by atoms with Crippen molar-refractivity contribution in [2.45, 2.75) is 25.8 Å². The van der Waals surface area contributed by atoms with Gasteiger partial charge in [-0.15, -0.1) is 6.58 Å². The standard InChI is InChI=1S/C11H19N3/c1-4-6-10(13-7-5-2)11-8-12-9-14(11)3/h4,8-10,13H,1,5-7H2,2-3H3. The minimum absolute atomic E-state index is 0.347. The van der Waals surface area contributed by atoms with E-state index in [0.29, 0.717) is 6.04 Å². The van der Waals surface area contributed by atoms with Gasteiger partial charge in [0.1, 0.15) is 0 Å². The molecule has 0 bridgehead atoms. The Hall–Kier alpha value is -1.09. The number of hydrogen-bond acceptors (Lipinski definition) is 2. The van der Waals surface area contributed by atoms with Crippen molar-refractivity contribution in [1.29, 1.82) is 0 Å². The van der Waals surface area contributed by atoms with Crippen molar-refractivity contribution in [3.63, 3.8) is 0 Å². The Morgan fingerprint density at radius 2 is 2.50 bits per heavy atom. The molecule has 0 fully saturated rings. The third-order valence-electron chi connectivity index (χ3n) is 2.25. The first kappa shape index (κ1) is 11.0. The Bertz CT molecular complexity index is 278. The van der Waals surface area contributed by atoms with Crippen molar-refractivity contribution in [1.82, 2.24) is 14.9 Å². The lowest BCUT2D eigenvalue weighted by Gasteiger charge is -2.16. The molecule has 0 aliphatic heterocycles. The molecule has 0 aliphatic carbocycles. The Balaban J connectivity index is 2.66. The summed E-state index contributed by atoms with van der Waals surface area (Å²) in [7, 11) is 2.02. The highest BCUT2D eigenvalue weighted by Gasteiger charge is 2.11. The lowest BCUT2D eigenvalue weighted by molar-refractivity contribution is 0.511. The lowest BCUT2D eigenvalue weighted by atomic mass is 10.1. The van der Waals surface area contributed by atoms with Crippen molar-refractivity contribution >= 4 is 0 Å². The highest BCUT2D eigenvalue weighted by atomic mass is 15.1. The molecule has 0 radical (unpaired) electrons. The maximum absolute atomic E-state index is 4.12. The molecule has 1 heterocycles. The van der Waals surface area contributed by atoms with Crippen molar-refractivity contribution in [3.8, 4) is 0 Å². The molecule has 3 nitrogen and oxygen atoms in total. The zero-order valence-corrected chi connectivity index (χ0v) is 9.03. The van der Waals surface area contributed by atoms with Gasteiger partial charge in [0.25, 0.3) is 0 Å². The van der Waals surface area contributed by atoms with Crippen LogP contribution in [0.1, 0.15) is 31.5 Å². The van der Waals surface area contributed by atoms with Crippen LogP contribution in [-0.2, 0) is 7.05 Å². The largest absolute Gasteiger partial charge is 0.336 e. The zero-order valence-electron chi connectivity index (χ0n) is 9.03. The minimum atomic E-state index is 0.347. The quantitative estimate of drug-likeness (QED) is 0.701. The van der Waals surface area contributed by atoms with Gasteiger partial charge in [-0.1, -0.05) is 13.0 Å². The van der Waals surface area contributed by atoms with E-state index in [0.717, 1.165) is 19.4 Å². The summed E-state index contributed by atoms with van der Waals surface area (Å²) in [5, 5.41) is 3.48. The van der Waals surface area contributed by atoms with E-state index < -0.39 is 0 Å². The molecule has 1 atom stereocenters. The topological polar surface area (TPSA) is 29.9 Å². The highest BCUT2D eigenvalue weighted by molar-refractivity contribution is 5.06. The fourth-order valence-electron chi connectivity index (χ4n) is 1.50. The van der Waals surface area contributed by atoms with E-state index in [1.54, 1.807) is 0 Å². The van der Waals surface area contributed by atoms with Crippen molar-refractivity contribution in [2.75, 3.05) is 6.54 Å². The average Bonchev–Trinajstić information content (AvgIpc) is 2.59. The Labute approximate surface area is 85.8 Å². The molecule has 1 N–H and O–H groups in total. The maximum atomic E-state index is 4.12. The van der Waals surface area contributed by atoms with Crippen LogP contribution in [0.25, 0.3) is 0 Å². The molecule has 0 aliphatic rings. The number of nitrogens with zero attached hydrogens (tertiary/aromatic N) is 2. The van der Waals surface area contributed by atoms with Crippen LogP contribution in [0.5, 0.6) is 0 Å². The summed E-state index contributed by atoms with van der Waals surface area (Å²) >= 11 is 0. The van der Waals surface area contributed by atoms with Crippen molar-refractivity contribution in [2.24, 2.45) is 7.05 Å². The smallest absolute Gasteiger partial charge is 0.0946 e. The van der Waals surface area contributed by atoms with Crippen LogP contribution in [0.2, 0.25) is 0 Å². The number of aryl methyl sites for hydroxylation is 1. The van der Waals surface area contributed by atoms with E-state index in [1.165, 1.54) is 5.69 Å². The van der Waals surface area contributed by atoms with Gasteiger partial charge in [-0.2, -0.15) is 0 Å². The molecule has 0 aromatic carbocycles. The van der Waals surface area contributed by atoms with Crippen LogP contribution in [-0.4, -0.2) is 16.1 Å². The van der Waals surface area contributed by atoms with Crippen LogP contribution < -0.4 is 5.32 Å². The molecule has 14 heavy (non-hydrogen) atoms. The third-order valence-corrected chi connectivity index (χ3v) is 2.25. The number of hydrogen-bond donors (Lipinski definition) is 1. The summed E-state index contributed by atoms with van der Waals surface area (Å²) in [5.74, 6) is 0. The van der Waals surface area contributed by atoms with Crippen molar-refractivity contribution < 1.29 is 0 Å². The van der Waals surface area contributed by atoms with Gasteiger partial charge in [-0.25, -0.2) is 4.98 Å². The molecule has 1 unspecified atom stereocenters. The molecule has 0 saturated heterocycles. The molecule has 0 amide bonds. The Kier molecular flexibility index (Phi) is 4.40. The van der Waals surface area contributed by atoms with E-state index in [2.05, 4.69) is 28.4 Å². The molecule has 0 saturated carbocycles. The molecule has 1 aromatic rings. The van der Waals surface area contributed by atoms with Gasteiger partial charge in [-0.05, 0) is 19.4 Å². The average molecular weight is 193 g/mol. The SMILES string of the molecule is C=CCC(NCCC)c1cncn1C. The number of imidazole rings is 1. The summed E-state index contributed by atoms with van der Waals surface area (Å²) in [6, 6.07) is 0.347. The monoisotopic (exact) mass is 193 g/mol. The van der Waals surface area contributed by atoms with Crippen LogP contribution in [0.15, 0.2) is 25.2 Å². The Morgan fingerprint density at radius 3 is 3.00 bits per heavy atom. The van der Waals surface area contributed by atoms with Crippen LogP contribution in [0, 0.1) is 0 Å². The Morgan fingerprint density at radius 1 is 1.71 bits per heavy atom. The molecule has 0 spiro atoms. The molecule has 78 valence electrons. The second-order valence-electron chi connectivity index (χ2n) is 3.46. The van der Waals surface area contributed by atoms with Gasteiger partial charge in [0, 0.05) is 13.2 Å². The lowest BCUT2D eigenvalue weighted by Crippen LogP contribution is -2.23. The maximum Gasteiger partial charge on any atom is 0.0946 e. The van der Waals surface area contributed by atoms with E-state index in [4.69, 9.17) is 0 Å². The van der Waals surface area contributed by atoms with Crippen LogP contribution in [0.4, 0.5) is 0 Å². The summed E-state index contributed by atoms with van der Waals surface area (Å²) < 4.78 is 2.05. The van der Waals surface area contributed by atoms with E-state index in [1.807, 2.05) is 25.6 Å². The first-order valence-corrected chi connectivity index (χ1v) is 5.10. The predicted molar refractivity (Wildman–Crippen MR) is 59.1 cm³/mol. The summed E-state index contributed by atoms with van der Waals surface area (Å²) in [6.45, 7) is 6.98. The first-order valence-electron chi connectivity index (χ1n) is 5.10. The van der Waals surface area contributed by atoms with Gasteiger partial charge < -0.3 is 9.88 Å². The molecular weight excluding hydrogens is 174 g/mol. The second-order valence-corrected chi connectivity index (χ2v) is 3.46. The molecule has 3 heteroatoms. The van der Waals surface area contributed by atoms with E-state index in [9.17, 15) is 0 Å². The van der Waals surface area contributed by atoms with Gasteiger partial charge in [-0.3, -0.25) is 0 Å². The highest BCUT2D eigenvalue weighted by Crippen LogP contribution is 2.15. The van der Waals surface area contributed by atoms with Gasteiger partial charge in [0.2, 0.25) is 0 Å². The number of aromatic nitrogens is 2. The first-order chi connectivity index (χ1) is 6.79. The van der Waals surface area contributed by atoms with E-state index in [-0.39, 0.29) is 0 Å². The predicted octanol–water partition coefficient (Wildman–Crippen LogP) is 2.04. The summed E-state index contributed by atoms with van der Waals surface area (Å²) in [6.07, 6.45) is 7.78. The normalized spacial score (nSPS) is 12.7. The molecule has 1 rings (SSSR count). The fourth-order valence-corrected chi connectivity index (χ4v) is 1.50. The second kappa shape index (κ2) is 5.60. The third kappa shape index (κ3) is 2.70. The fraction of sp³-hybridized carbons (Fsp3) is 0.545. The number of nitrogens with one attached hydrogen (secondary N) is 1.